The van der Waals surface area contributed by atoms with Gasteiger partial charge in [-0.2, -0.15) is 0 Å². The van der Waals surface area contributed by atoms with Crippen molar-refractivity contribution in [2.75, 3.05) is 0 Å². The van der Waals surface area contributed by atoms with Crippen LogP contribution in [0.3, 0.4) is 0 Å². The lowest BCUT2D eigenvalue weighted by molar-refractivity contribution is 0.0948. The van der Waals surface area contributed by atoms with Gasteiger partial charge in [0, 0.05) is 11.0 Å². The quantitative estimate of drug-likeness (QED) is 0.897. The van der Waals surface area contributed by atoms with Crippen molar-refractivity contribution in [1.82, 2.24) is 5.32 Å². The molecule has 0 spiro atoms. The van der Waals surface area contributed by atoms with Crippen molar-refractivity contribution in [2.45, 2.75) is 19.9 Å². The van der Waals surface area contributed by atoms with Gasteiger partial charge in [0.25, 0.3) is 5.91 Å². The Labute approximate surface area is 126 Å². The largest absolute Gasteiger partial charge is 0.507 e. The lowest BCUT2D eigenvalue weighted by Crippen LogP contribution is -2.22. The van der Waals surface area contributed by atoms with E-state index in [4.69, 9.17) is 0 Å². The number of rotatable bonds is 4. The molecule has 0 aliphatic carbocycles. The smallest absolute Gasteiger partial charge is 0.255 e. The summed E-state index contributed by atoms with van der Waals surface area (Å²) >= 11 is 3.24. The standard InChI is InChI=1S/C16H16BrNO2/c1-2-11-3-5-12(6-4-11)10-18-16(20)14-8-7-13(17)9-15(14)19/h3-9,19H,2,10H2,1H3,(H,18,20). The Morgan fingerprint density at radius 1 is 1.15 bits per heavy atom. The molecule has 0 aliphatic heterocycles. The molecule has 0 aromatic heterocycles. The van der Waals surface area contributed by atoms with Crippen LogP contribution in [-0.2, 0) is 13.0 Å². The van der Waals surface area contributed by atoms with Gasteiger partial charge in [0.15, 0.2) is 0 Å². The van der Waals surface area contributed by atoms with Crippen LogP contribution in [0.2, 0.25) is 0 Å². The molecule has 0 saturated carbocycles. The number of hydrogen-bond donors (Lipinski definition) is 2. The first-order chi connectivity index (χ1) is 9.60. The van der Waals surface area contributed by atoms with Gasteiger partial charge in [-0.1, -0.05) is 47.1 Å². The third kappa shape index (κ3) is 3.61. The number of nitrogens with one attached hydrogen (secondary N) is 1. The molecule has 3 nitrogen and oxygen atoms in total. The molecule has 0 heterocycles. The van der Waals surface area contributed by atoms with E-state index >= 15 is 0 Å². The van der Waals surface area contributed by atoms with E-state index in [1.807, 2.05) is 12.1 Å². The van der Waals surface area contributed by atoms with E-state index in [0.717, 1.165) is 16.5 Å². The minimum absolute atomic E-state index is 0.0294. The van der Waals surface area contributed by atoms with Crippen LogP contribution in [0.4, 0.5) is 0 Å². The van der Waals surface area contributed by atoms with Crippen molar-refractivity contribution in [1.29, 1.82) is 0 Å². The predicted octanol–water partition coefficient (Wildman–Crippen LogP) is 3.65. The predicted molar refractivity (Wildman–Crippen MR) is 82.8 cm³/mol. The fourth-order valence-corrected chi connectivity index (χ4v) is 2.22. The zero-order valence-electron chi connectivity index (χ0n) is 11.2. The van der Waals surface area contributed by atoms with Gasteiger partial charge < -0.3 is 10.4 Å². The van der Waals surface area contributed by atoms with Crippen molar-refractivity contribution in [3.05, 3.63) is 63.6 Å². The maximum atomic E-state index is 12.0. The fourth-order valence-electron chi connectivity index (χ4n) is 1.87. The molecule has 0 saturated heterocycles. The van der Waals surface area contributed by atoms with Gasteiger partial charge in [0.05, 0.1) is 5.56 Å². The van der Waals surface area contributed by atoms with Crippen LogP contribution in [0.15, 0.2) is 46.9 Å². The van der Waals surface area contributed by atoms with Crippen LogP contribution in [0.1, 0.15) is 28.4 Å². The van der Waals surface area contributed by atoms with Crippen LogP contribution >= 0.6 is 15.9 Å². The van der Waals surface area contributed by atoms with Crippen molar-refractivity contribution < 1.29 is 9.90 Å². The highest BCUT2D eigenvalue weighted by atomic mass is 79.9. The van der Waals surface area contributed by atoms with Crippen molar-refractivity contribution in [3.8, 4) is 5.75 Å². The third-order valence-electron chi connectivity index (χ3n) is 3.09. The molecule has 1 amide bonds. The lowest BCUT2D eigenvalue weighted by Gasteiger charge is -2.08. The zero-order valence-corrected chi connectivity index (χ0v) is 12.8. The van der Waals surface area contributed by atoms with E-state index in [2.05, 4.69) is 40.3 Å². The monoisotopic (exact) mass is 333 g/mol. The van der Waals surface area contributed by atoms with Crippen molar-refractivity contribution in [3.63, 3.8) is 0 Å². The molecule has 2 aromatic carbocycles. The Morgan fingerprint density at radius 2 is 1.80 bits per heavy atom. The topological polar surface area (TPSA) is 49.3 Å². The van der Waals surface area contributed by atoms with Gasteiger partial charge in [-0.15, -0.1) is 0 Å². The first-order valence-electron chi connectivity index (χ1n) is 6.44. The van der Waals surface area contributed by atoms with Crippen molar-refractivity contribution in [2.24, 2.45) is 0 Å². The molecule has 2 aromatic rings. The van der Waals surface area contributed by atoms with Crippen LogP contribution < -0.4 is 5.32 Å². The summed E-state index contributed by atoms with van der Waals surface area (Å²) in [6.45, 7) is 2.55. The van der Waals surface area contributed by atoms with Gasteiger partial charge >= 0.3 is 0 Å². The molecule has 0 aliphatic rings. The lowest BCUT2D eigenvalue weighted by atomic mass is 10.1. The highest BCUT2D eigenvalue weighted by Crippen LogP contribution is 2.22. The number of hydrogen-bond acceptors (Lipinski definition) is 2. The van der Waals surface area contributed by atoms with Crippen LogP contribution in [0.25, 0.3) is 0 Å². The molecular formula is C16H16BrNO2. The summed E-state index contributed by atoms with van der Waals surface area (Å²) in [4.78, 5) is 12.0. The SMILES string of the molecule is CCc1ccc(CNC(=O)c2ccc(Br)cc2O)cc1. The normalized spacial score (nSPS) is 10.3. The summed E-state index contributed by atoms with van der Waals surface area (Å²) in [6.07, 6.45) is 0.999. The molecule has 4 heteroatoms. The molecule has 0 radical (unpaired) electrons. The summed E-state index contributed by atoms with van der Waals surface area (Å²) < 4.78 is 0.738. The van der Waals surface area contributed by atoms with E-state index in [1.54, 1.807) is 12.1 Å². The Bertz CT molecular complexity index is 608. The maximum Gasteiger partial charge on any atom is 0.255 e. The van der Waals surface area contributed by atoms with E-state index < -0.39 is 0 Å². The summed E-state index contributed by atoms with van der Waals surface area (Å²) in [5.41, 5.74) is 2.58. The second-order valence-electron chi connectivity index (χ2n) is 4.51. The van der Waals surface area contributed by atoms with Gasteiger partial charge in [-0.05, 0) is 35.7 Å². The first-order valence-corrected chi connectivity index (χ1v) is 7.24. The Morgan fingerprint density at radius 3 is 2.40 bits per heavy atom. The van der Waals surface area contributed by atoms with Crippen LogP contribution in [0, 0.1) is 0 Å². The number of aryl methyl sites for hydroxylation is 1. The molecular weight excluding hydrogens is 318 g/mol. The molecule has 0 unspecified atom stereocenters. The molecule has 0 bridgehead atoms. The molecule has 2 rings (SSSR count). The Hall–Kier alpha value is -1.81. The van der Waals surface area contributed by atoms with Gasteiger partial charge in [-0.25, -0.2) is 0 Å². The second-order valence-corrected chi connectivity index (χ2v) is 5.43. The number of aromatic hydroxyl groups is 1. The minimum atomic E-state index is -0.283. The molecule has 104 valence electrons. The molecule has 2 N–H and O–H groups in total. The highest BCUT2D eigenvalue weighted by Gasteiger charge is 2.10. The third-order valence-corrected chi connectivity index (χ3v) is 3.58. The number of amides is 1. The summed E-state index contributed by atoms with van der Waals surface area (Å²) in [5.74, 6) is -0.312. The zero-order chi connectivity index (χ0) is 14.5. The Kier molecular flexibility index (Phi) is 4.79. The van der Waals surface area contributed by atoms with E-state index in [-0.39, 0.29) is 17.2 Å². The van der Waals surface area contributed by atoms with E-state index in [9.17, 15) is 9.90 Å². The highest BCUT2D eigenvalue weighted by molar-refractivity contribution is 9.10. The van der Waals surface area contributed by atoms with Gasteiger partial charge in [0.2, 0.25) is 0 Å². The van der Waals surface area contributed by atoms with E-state index in [0.29, 0.717) is 6.54 Å². The van der Waals surface area contributed by atoms with Crippen molar-refractivity contribution >= 4 is 21.8 Å². The number of phenols is 1. The minimum Gasteiger partial charge on any atom is -0.507 e. The molecule has 20 heavy (non-hydrogen) atoms. The summed E-state index contributed by atoms with van der Waals surface area (Å²) in [7, 11) is 0. The van der Waals surface area contributed by atoms with Crippen LogP contribution in [0.5, 0.6) is 5.75 Å². The summed E-state index contributed by atoms with van der Waals surface area (Å²) in [6, 6.07) is 12.9. The number of halogens is 1. The molecule has 0 atom stereocenters. The number of phenolic OH excluding ortho intramolecular Hbond substituents is 1. The average Bonchev–Trinajstić information content (AvgIpc) is 2.45. The number of benzene rings is 2. The van der Waals surface area contributed by atoms with Gasteiger partial charge in [-0.3, -0.25) is 4.79 Å². The number of carbonyl (C=O) groups is 1. The van der Waals surface area contributed by atoms with E-state index in [1.165, 1.54) is 11.6 Å². The first kappa shape index (κ1) is 14.6. The number of carbonyl (C=O) groups excluding carboxylic acids is 1. The van der Waals surface area contributed by atoms with Gasteiger partial charge in [0.1, 0.15) is 5.75 Å². The fraction of sp³-hybridized carbons (Fsp3) is 0.188. The maximum absolute atomic E-state index is 12.0. The molecule has 0 fully saturated rings. The Balaban J connectivity index is 2.00. The summed E-state index contributed by atoms with van der Waals surface area (Å²) in [5, 5.41) is 12.5. The second kappa shape index (κ2) is 6.57. The average molecular weight is 334 g/mol. The van der Waals surface area contributed by atoms with Crippen LogP contribution in [-0.4, -0.2) is 11.0 Å².